The second-order valence-corrected chi connectivity index (χ2v) is 6.92. The topological polar surface area (TPSA) is 61.2 Å². The number of nitrogens with zero attached hydrogens (tertiary/aromatic N) is 2. The molecule has 0 saturated carbocycles. The molecule has 0 aliphatic heterocycles. The first kappa shape index (κ1) is 20.7. The van der Waals surface area contributed by atoms with Crippen molar-refractivity contribution in [2.24, 2.45) is 0 Å². The number of halogens is 2. The van der Waals surface area contributed by atoms with Crippen molar-refractivity contribution in [3.8, 4) is 0 Å². The summed E-state index contributed by atoms with van der Waals surface area (Å²) in [6.45, 7) is 2.22. The number of ether oxygens (including phenoxy) is 1. The molecule has 7 heteroatoms. The number of rotatable bonds is 8. The Morgan fingerprint density at radius 2 is 1.79 bits per heavy atom. The summed E-state index contributed by atoms with van der Waals surface area (Å²) in [5.74, 6) is -1.09. The van der Waals surface area contributed by atoms with Gasteiger partial charge in [0, 0.05) is 12.0 Å². The molecule has 3 rings (SSSR count). The Labute approximate surface area is 173 Å². The lowest BCUT2D eigenvalue weighted by Crippen LogP contribution is -2.09. The molecule has 0 spiro atoms. The molecule has 0 saturated heterocycles. The molecule has 29 heavy (non-hydrogen) atoms. The largest absolute Gasteiger partial charge is 0.462 e. The molecule has 0 radical (unpaired) electrons. The Morgan fingerprint density at radius 1 is 1.10 bits per heavy atom. The highest BCUT2D eigenvalue weighted by atomic mass is 35.5. The summed E-state index contributed by atoms with van der Waals surface area (Å²) in [4.78, 5) is 24.5. The number of benzene rings is 2. The van der Waals surface area contributed by atoms with Gasteiger partial charge in [-0.25, -0.2) is 13.9 Å². The van der Waals surface area contributed by atoms with Gasteiger partial charge in [-0.2, -0.15) is 5.10 Å². The maximum Gasteiger partial charge on any atom is 0.343 e. The fraction of sp³-hybridized carbons (Fsp3) is 0.227. The molecular formula is C22H20ClFN2O3. The van der Waals surface area contributed by atoms with Crippen LogP contribution in [0.4, 0.5) is 4.39 Å². The fourth-order valence-corrected chi connectivity index (χ4v) is 3.21. The Hall–Kier alpha value is -2.99. The van der Waals surface area contributed by atoms with Crippen LogP contribution >= 0.6 is 11.6 Å². The van der Waals surface area contributed by atoms with Gasteiger partial charge in [0.15, 0.2) is 5.78 Å². The normalized spacial score (nSPS) is 10.7. The number of esters is 1. The van der Waals surface area contributed by atoms with E-state index in [0.29, 0.717) is 24.2 Å². The van der Waals surface area contributed by atoms with Gasteiger partial charge in [-0.3, -0.25) is 4.79 Å². The number of hydrogen-bond donors (Lipinski definition) is 0. The van der Waals surface area contributed by atoms with Crippen LogP contribution in [0.3, 0.4) is 0 Å². The maximum absolute atomic E-state index is 12.9. The molecule has 0 unspecified atom stereocenters. The van der Waals surface area contributed by atoms with Crippen LogP contribution in [-0.4, -0.2) is 28.1 Å². The van der Waals surface area contributed by atoms with Gasteiger partial charge in [0.25, 0.3) is 0 Å². The number of ketones is 1. The monoisotopic (exact) mass is 414 g/mol. The smallest absolute Gasteiger partial charge is 0.343 e. The second kappa shape index (κ2) is 9.47. The third-order valence-corrected chi connectivity index (χ3v) is 4.78. The van der Waals surface area contributed by atoms with Crippen LogP contribution in [0.15, 0.2) is 54.6 Å². The van der Waals surface area contributed by atoms with E-state index in [1.165, 1.54) is 24.3 Å². The lowest BCUT2D eigenvalue weighted by molar-refractivity contribution is 0.0493. The molecule has 0 aliphatic carbocycles. The predicted molar refractivity (Wildman–Crippen MR) is 108 cm³/mol. The van der Waals surface area contributed by atoms with E-state index in [1.807, 2.05) is 30.3 Å². The Morgan fingerprint density at radius 3 is 2.48 bits per heavy atom. The zero-order chi connectivity index (χ0) is 20.8. The van der Waals surface area contributed by atoms with Gasteiger partial charge in [0.2, 0.25) is 0 Å². The highest BCUT2D eigenvalue weighted by molar-refractivity contribution is 6.32. The van der Waals surface area contributed by atoms with Crippen molar-refractivity contribution in [3.63, 3.8) is 0 Å². The number of hydrogen-bond acceptors (Lipinski definition) is 4. The molecule has 3 aromatic rings. The van der Waals surface area contributed by atoms with Crippen LogP contribution < -0.4 is 0 Å². The highest BCUT2D eigenvalue weighted by Gasteiger charge is 2.21. The van der Waals surface area contributed by atoms with Crippen molar-refractivity contribution in [2.75, 3.05) is 6.61 Å². The van der Waals surface area contributed by atoms with Gasteiger partial charge in [0.1, 0.15) is 16.5 Å². The quantitative estimate of drug-likeness (QED) is 0.300. The van der Waals surface area contributed by atoms with E-state index in [0.717, 1.165) is 5.56 Å². The fourth-order valence-electron chi connectivity index (χ4n) is 2.90. The minimum atomic E-state index is -0.568. The SMILES string of the molecule is Cc1nn(Cc2ccccc2)c(Cl)c1C(=O)OCCCC(=O)c1ccc(F)cc1. The lowest BCUT2D eigenvalue weighted by atomic mass is 10.1. The molecule has 1 heterocycles. The molecule has 5 nitrogen and oxygen atoms in total. The van der Waals surface area contributed by atoms with E-state index < -0.39 is 11.8 Å². The first-order chi connectivity index (χ1) is 14.0. The molecule has 0 fully saturated rings. The third-order valence-electron chi connectivity index (χ3n) is 4.39. The number of aryl methyl sites for hydroxylation is 1. The zero-order valence-corrected chi connectivity index (χ0v) is 16.7. The van der Waals surface area contributed by atoms with Crippen LogP contribution in [0.1, 0.15) is 44.8 Å². The van der Waals surface area contributed by atoms with E-state index in [-0.39, 0.29) is 29.5 Å². The number of carbonyl (C=O) groups excluding carboxylic acids is 2. The van der Waals surface area contributed by atoms with Crippen LogP contribution in [0.2, 0.25) is 5.15 Å². The minimum absolute atomic E-state index is 0.0748. The Balaban J connectivity index is 1.54. The van der Waals surface area contributed by atoms with Gasteiger partial charge in [-0.1, -0.05) is 41.9 Å². The Bertz CT molecular complexity index is 1000. The molecule has 0 N–H and O–H groups in total. The van der Waals surface area contributed by atoms with Crippen molar-refractivity contribution in [1.29, 1.82) is 0 Å². The molecule has 0 aliphatic rings. The van der Waals surface area contributed by atoms with Crippen molar-refractivity contribution >= 4 is 23.4 Å². The van der Waals surface area contributed by atoms with Gasteiger partial charge >= 0.3 is 5.97 Å². The Kier molecular flexibility index (Phi) is 6.77. The molecular weight excluding hydrogens is 395 g/mol. The summed E-state index contributed by atoms with van der Waals surface area (Å²) in [6, 6.07) is 15.0. The molecule has 0 atom stereocenters. The highest BCUT2D eigenvalue weighted by Crippen LogP contribution is 2.22. The summed E-state index contributed by atoms with van der Waals surface area (Å²) in [6.07, 6.45) is 0.551. The van der Waals surface area contributed by atoms with E-state index in [2.05, 4.69) is 5.10 Å². The summed E-state index contributed by atoms with van der Waals surface area (Å²) >= 11 is 6.35. The van der Waals surface area contributed by atoms with Crippen molar-refractivity contribution in [1.82, 2.24) is 9.78 Å². The van der Waals surface area contributed by atoms with E-state index in [9.17, 15) is 14.0 Å². The second-order valence-electron chi connectivity index (χ2n) is 6.56. The first-order valence-electron chi connectivity index (χ1n) is 9.18. The average molecular weight is 415 g/mol. The summed E-state index contributed by atoms with van der Waals surface area (Å²) in [5.41, 5.74) is 2.15. The maximum atomic E-state index is 12.9. The molecule has 2 aromatic carbocycles. The number of aromatic nitrogens is 2. The van der Waals surface area contributed by atoms with Crippen LogP contribution in [0.5, 0.6) is 0 Å². The van der Waals surface area contributed by atoms with Gasteiger partial charge in [-0.05, 0) is 43.2 Å². The number of carbonyl (C=O) groups is 2. The van der Waals surface area contributed by atoms with Crippen molar-refractivity contribution < 1.29 is 18.7 Å². The predicted octanol–water partition coefficient (Wildman–Crippen LogP) is 4.85. The summed E-state index contributed by atoms with van der Waals surface area (Å²) < 4.78 is 19.7. The van der Waals surface area contributed by atoms with Crippen molar-refractivity contribution in [3.05, 3.63) is 88.0 Å². The average Bonchev–Trinajstić information content (AvgIpc) is 2.99. The van der Waals surface area contributed by atoms with Gasteiger partial charge in [-0.15, -0.1) is 0 Å². The number of Topliss-reactive ketones (excluding diaryl/α,β-unsaturated/α-hetero) is 1. The molecule has 0 amide bonds. The molecule has 1 aromatic heterocycles. The van der Waals surface area contributed by atoms with E-state index in [1.54, 1.807) is 11.6 Å². The lowest BCUT2D eigenvalue weighted by Gasteiger charge is -2.06. The first-order valence-corrected chi connectivity index (χ1v) is 9.56. The molecule has 0 bridgehead atoms. The van der Waals surface area contributed by atoms with E-state index in [4.69, 9.17) is 16.3 Å². The van der Waals surface area contributed by atoms with Crippen LogP contribution in [0, 0.1) is 12.7 Å². The third kappa shape index (κ3) is 5.29. The zero-order valence-electron chi connectivity index (χ0n) is 15.9. The standard InChI is InChI=1S/C22H20ClFN2O3/c1-15-20(21(23)26(25-15)14-16-6-3-2-4-7-16)22(28)29-13-5-8-19(27)17-9-11-18(24)12-10-17/h2-4,6-7,9-12H,5,8,13-14H2,1H3. The molecule has 150 valence electrons. The van der Waals surface area contributed by atoms with E-state index >= 15 is 0 Å². The van der Waals surface area contributed by atoms with Crippen LogP contribution in [0.25, 0.3) is 0 Å². The summed E-state index contributed by atoms with van der Waals surface area (Å²) in [5, 5.41) is 4.55. The van der Waals surface area contributed by atoms with Gasteiger partial charge in [0.05, 0.1) is 18.8 Å². The van der Waals surface area contributed by atoms with Crippen molar-refractivity contribution in [2.45, 2.75) is 26.3 Å². The van der Waals surface area contributed by atoms with Crippen LogP contribution in [-0.2, 0) is 11.3 Å². The van der Waals surface area contributed by atoms with Gasteiger partial charge < -0.3 is 4.74 Å². The summed E-state index contributed by atoms with van der Waals surface area (Å²) in [7, 11) is 0. The minimum Gasteiger partial charge on any atom is -0.462 e.